The molecule has 1 amide bonds. The zero-order chi connectivity index (χ0) is 11.7. The highest BCUT2D eigenvalue weighted by molar-refractivity contribution is 5.95. The zero-order valence-corrected chi connectivity index (χ0v) is 10.2. The van der Waals surface area contributed by atoms with Crippen LogP contribution in [0.2, 0.25) is 0 Å². The van der Waals surface area contributed by atoms with Crippen LogP contribution in [0.1, 0.15) is 36.3 Å². The van der Waals surface area contributed by atoms with E-state index in [2.05, 4.69) is 24.0 Å². The van der Waals surface area contributed by atoms with Crippen LogP contribution in [-0.2, 0) is 0 Å². The van der Waals surface area contributed by atoms with Crippen LogP contribution in [0.5, 0.6) is 0 Å². The van der Waals surface area contributed by atoms with Gasteiger partial charge in [0, 0.05) is 18.8 Å². The van der Waals surface area contributed by atoms with E-state index in [0.29, 0.717) is 17.4 Å². The molecule has 4 nitrogen and oxygen atoms in total. The first-order valence-electron chi connectivity index (χ1n) is 5.89. The Morgan fingerprint density at radius 1 is 1.62 bits per heavy atom. The Kier molecular flexibility index (Phi) is 2.99. The Morgan fingerprint density at radius 2 is 2.38 bits per heavy atom. The van der Waals surface area contributed by atoms with Gasteiger partial charge in [0.05, 0.1) is 11.8 Å². The maximum atomic E-state index is 12.2. The summed E-state index contributed by atoms with van der Waals surface area (Å²) in [5, 5.41) is 6.71. The zero-order valence-electron chi connectivity index (χ0n) is 10.2. The monoisotopic (exact) mass is 221 g/mol. The Labute approximate surface area is 96.0 Å². The Hall–Kier alpha value is -1.32. The number of aromatic amines is 1. The normalized spacial score (nSPS) is 20.8. The van der Waals surface area contributed by atoms with Crippen molar-refractivity contribution in [2.75, 3.05) is 13.1 Å². The Bertz CT molecular complexity index is 383. The smallest absolute Gasteiger partial charge is 0.257 e. The van der Waals surface area contributed by atoms with E-state index in [1.807, 2.05) is 11.8 Å². The molecule has 1 aliphatic heterocycles. The molecule has 1 aromatic heterocycles. The van der Waals surface area contributed by atoms with Crippen LogP contribution in [0.3, 0.4) is 0 Å². The van der Waals surface area contributed by atoms with Crippen molar-refractivity contribution in [1.29, 1.82) is 0 Å². The highest BCUT2D eigenvalue weighted by Gasteiger charge is 2.29. The number of hydrogen-bond acceptors (Lipinski definition) is 2. The second kappa shape index (κ2) is 4.28. The highest BCUT2D eigenvalue weighted by atomic mass is 16.2. The molecule has 0 bridgehead atoms. The molecule has 1 fully saturated rings. The van der Waals surface area contributed by atoms with Crippen molar-refractivity contribution >= 4 is 5.91 Å². The number of hydrogen-bond donors (Lipinski definition) is 1. The molecule has 1 unspecified atom stereocenters. The third-order valence-electron chi connectivity index (χ3n) is 3.52. The largest absolute Gasteiger partial charge is 0.338 e. The Balaban J connectivity index is 2.05. The minimum absolute atomic E-state index is 0.120. The summed E-state index contributed by atoms with van der Waals surface area (Å²) in [4.78, 5) is 14.1. The second-order valence-electron chi connectivity index (χ2n) is 4.95. The third-order valence-corrected chi connectivity index (χ3v) is 3.52. The van der Waals surface area contributed by atoms with Gasteiger partial charge in [0.1, 0.15) is 0 Å². The number of aryl methyl sites for hydroxylation is 1. The van der Waals surface area contributed by atoms with Crippen LogP contribution in [0.4, 0.5) is 0 Å². The number of nitrogens with one attached hydrogen (secondary N) is 1. The topological polar surface area (TPSA) is 49.0 Å². The lowest BCUT2D eigenvalue weighted by molar-refractivity contribution is 0.0783. The number of nitrogens with zero attached hydrogens (tertiary/aromatic N) is 2. The summed E-state index contributed by atoms with van der Waals surface area (Å²) < 4.78 is 0. The average Bonchev–Trinajstić information content (AvgIpc) is 2.84. The highest BCUT2D eigenvalue weighted by Crippen LogP contribution is 2.25. The molecule has 0 aliphatic carbocycles. The van der Waals surface area contributed by atoms with Gasteiger partial charge in [-0.3, -0.25) is 9.89 Å². The fourth-order valence-electron chi connectivity index (χ4n) is 2.25. The SMILES string of the molecule is Cc1[nH]ncc1C(=O)N1CCC(C(C)C)C1. The predicted octanol–water partition coefficient (Wildman–Crippen LogP) is 1.84. The van der Waals surface area contributed by atoms with E-state index in [-0.39, 0.29) is 5.91 Å². The Morgan fingerprint density at radius 3 is 2.88 bits per heavy atom. The van der Waals surface area contributed by atoms with Crippen molar-refractivity contribution in [1.82, 2.24) is 15.1 Å². The van der Waals surface area contributed by atoms with E-state index in [1.165, 1.54) is 0 Å². The van der Waals surface area contributed by atoms with Crippen molar-refractivity contribution in [2.45, 2.75) is 27.2 Å². The van der Waals surface area contributed by atoms with Gasteiger partial charge in [-0.1, -0.05) is 13.8 Å². The fraction of sp³-hybridized carbons (Fsp3) is 0.667. The van der Waals surface area contributed by atoms with Crippen molar-refractivity contribution < 1.29 is 4.79 Å². The number of aromatic nitrogens is 2. The number of rotatable bonds is 2. The van der Waals surface area contributed by atoms with Crippen molar-refractivity contribution in [3.63, 3.8) is 0 Å². The van der Waals surface area contributed by atoms with E-state index in [4.69, 9.17) is 0 Å². The molecular weight excluding hydrogens is 202 g/mol. The molecule has 1 aliphatic rings. The summed E-state index contributed by atoms with van der Waals surface area (Å²) in [7, 11) is 0. The number of likely N-dealkylation sites (tertiary alicyclic amines) is 1. The number of H-pyrrole nitrogens is 1. The summed E-state index contributed by atoms with van der Waals surface area (Å²) in [6.07, 6.45) is 2.75. The van der Waals surface area contributed by atoms with Gasteiger partial charge in [-0.15, -0.1) is 0 Å². The predicted molar refractivity (Wildman–Crippen MR) is 62.2 cm³/mol. The minimum Gasteiger partial charge on any atom is -0.338 e. The minimum atomic E-state index is 0.120. The van der Waals surface area contributed by atoms with Gasteiger partial charge in [0.2, 0.25) is 0 Å². The summed E-state index contributed by atoms with van der Waals surface area (Å²) in [5.41, 5.74) is 1.57. The van der Waals surface area contributed by atoms with E-state index in [9.17, 15) is 4.79 Å². The van der Waals surface area contributed by atoms with Crippen LogP contribution >= 0.6 is 0 Å². The molecule has 0 saturated carbocycles. The molecule has 2 rings (SSSR count). The molecule has 4 heteroatoms. The van der Waals surface area contributed by atoms with E-state index < -0.39 is 0 Å². The maximum absolute atomic E-state index is 12.2. The summed E-state index contributed by atoms with van der Waals surface area (Å²) in [6, 6.07) is 0. The lowest BCUT2D eigenvalue weighted by atomic mass is 9.95. The maximum Gasteiger partial charge on any atom is 0.257 e. The van der Waals surface area contributed by atoms with Crippen molar-refractivity contribution in [3.8, 4) is 0 Å². The first-order valence-corrected chi connectivity index (χ1v) is 5.89. The molecule has 0 aromatic carbocycles. The average molecular weight is 221 g/mol. The van der Waals surface area contributed by atoms with Gasteiger partial charge < -0.3 is 4.90 Å². The van der Waals surface area contributed by atoms with Crippen LogP contribution in [0, 0.1) is 18.8 Å². The number of carbonyl (C=O) groups excluding carboxylic acids is 1. The van der Waals surface area contributed by atoms with Gasteiger partial charge >= 0.3 is 0 Å². The molecule has 1 atom stereocenters. The van der Waals surface area contributed by atoms with Crippen LogP contribution < -0.4 is 0 Å². The molecule has 0 radical (unpaired) electrons. The molecule has 1 saturated heterocycles. The first kappa shape index (κ1) is 11.2. The quantitative estimate of drug-likeness (QED) is 0.828. The summed E-state index contributed by atoms with van der Waals surface area (Å²) >= 11 is 0. The van der Waals surface area contributed by atoms with Gasteiger partial charge in [-0.2, -0.15) is 5.10 Å². The van der Waals surface area contributed by atoms with Crippen molar-refractivity contribution in [3.05, 3.63) is 17.5 Å². The molecule has 2 heterocycles. The number of amides is 1. The molecule has 1 aromatic rings. The second-order valence-corrected chi connectivity index (χ2v) is 4.95. The lowest BCUT2D eigenvalue weighted by Crippen LogP contribution is -2.29. The first-order chi connectivity index (χ1) is 7.59. The molecule has 88 valence electrons. The van der Waals surface area contributed by atoms with E-state index >= 15 is 0 Å². The lowest BCUT2D eigenvalue weighted by Gasteiger charge is -2.17. The molecule has 1 N–H and O–H groups in total. The standard InChI is InChI=1S/C12H19N3O/c1-8(2)10-4-5-15(7-10)12(16)11-6-13-14-9(11)3/h6,8,10H,4-5,7H2,1-3H3,(H,13,14). The van der Waals surface area contributed by atoms with Gasteiger partial charge in [-0.05, 0) is 25.2 Å². The fourth-order valence-corrected chi connectivity index (χ4v) is 2.25. The molecule has 0 spiro atoms. The van der Waals surface area contributed by atoms with Crippen molar-refractivity contribution in [2.24, 2.45) is 11.8 Å². The van der Waals surface area contributed by atoms with Gasteiger partial charge in [0.25, 0.3) is 5.91 Å². The van der Waals surface area contributed by atoms with Crippen LogP contribution in [0.25, 0.3) is 0 Å². The summed E-state index contributed by atoms with van der Waals surface area (Å²) in [5.74, 6) is 1.42. The molecule has 16 heavy (non-hydrogen) atoms. The number of carbonyl (C=O) groups is 1. The summed E-state index contributed by atoms with van der Waals surface area (Å²) in [6.45, 7) is 8.10. The van der Waals surface area contributed by atoms with Crippen LogP contribution in [-0.4, -0.2) is 34.1 Å². The van der Waals surface area contributed by atoms with Crippen LogP contribution in [0.15, 0.2) is 6.20 Å². The molecular formula is C12H19N3O. The van der Waals surface area contributed by atoms with Gasteiger partial charge in [0.15, 0.2) is 0 Å². The third kappa shape index (κ3) is 1.96. The van der Waals surface area contributed by atoms with E-state index in [1.54, 1.807) is 6.20 Å². The van der Waals surface area contributed by atoms with Gasteiger partial charge in [-0.25, -0.2) is 0 Å². The van der Waals surface area contributed by atoms with E-state index in [0.717, 1.165) is 25.2 Å².